The number of amides is 1. The lowest BCUT2D eigenvalue weighted by atomic mass is 9.84. The van der Waals surface area contributed by atoms with Crippen molar-refractivity contribution in [3.05, 3.63) is 53.6 Å². The van der Waals surface area contributed by atoms with Gasteiger partial charge in [-0.1, -0.05) is 18.1 Å². The summed E-state index contributed by atoms with van der Waals surface area (Å²) in [7, 11) is 1.49. The molecule has 4 aliphatic heterocycles. The van der Waals surface area contributed by atoms with Gasteiger partial charge in [-0.2, -0.15) is 9.97 Å². The first-order valence-electron chi connectivity index (χ1n) is 18.5. The molecule has 4 aliphatic rings. The number of alkyl halides is 1. The van der Waals surface area contributed by atoms with Gasteiger partial charge in [0.1, 0.15) is 41.3 Å². The minimum atomic E-state index is -0.950. The number of ether oxygens (including phenoxy) is 4. The largest absolute Gasteiger partial charge is 0.468 e. The van der Waals surface area contributed by atoms with E-state index in [1.807, 2.05) is 25.7 Å². The van der Waals surface area contributed by atoms with E-state index in [1.54, 1.807) is 35.2 Å². The number of hydrogen-bond acceptors (Lipinski definition) is 9. The van der Waals surface area contributed by atoms with Crippen LogP contribution in [0.15, 0.2) is 36.4 Å². The summed E-state index contributed by atoms with van der Waals surface area (Å²) < 4.78 is 70.0. The number of hydrogen-bond donors (Lipinski definition) is 0. The SMILES string of the molecule is C#Cc1c(F)ccc2cc(OCOC)cc(-c3ccc4c(N5CCC6(CCN6C(=O)OC(C)(C)C)C5)nc(OC[C@@]56CCCN5C[C@H](F)C6)nc4c3F)c12. The van der Waals surface area contributed by atoms with E-state index in [4.69, 9.17) is 30.4 Å². The highest BCUT2D eigenvalue weighted by Gasteiger charge is 2.53. The fourth-order valence-electron chi connectivity index (χ4n) is 8.87. The lowest BCUT2D eigenvalue weighted by Crippen LogP contribution is -2.64. The Kier molecular flexibility index (Phi) is 9.04. The molecule has 5 heterocycles. The summed E-state index contributed by atoms with van der Waals surface area (Å²) in [6.45, 7) is 8.35. The van der Waals surface area contributed by atoms with Crippen molar-refractivity contribution in [2.75, 3.05) is 58.1 Å². The van der Waals surface area contributed by atoms with E-state index in [-0.39, 0.29) is 42.1 Å². The number of benzene rings is 3. The highest BCUT2D eigenvalue weighted by atomic mass is 19.1. The Morgan fingerprint density at radius 1 is 1.04 bits per heavy atom. The standard InChI is InChI=1S/C41H44F3N5O5/c1-6-28-32(43)11-8-25-18-27(53-24-51-5)19-31(33(25)28)29-9-10-30-35(34(29)44)45-37(52-23-41-12-7-15-48(41)21-26(42)20-41)46-36(30)47-16-13-40(22-47)14-17-49(40)38(50)54-39(2,3)4/h1,8-11,18-19,26H,7,12-17,20-24H2,2-5H3/t26-,40?,41+/m1/s1. The molecular formula is C41H44F3N5O5. The zero-order valence-corrected chi connectivity index (χ0v) is 31.0. The van der Waals surface area contributed by atoms with Crippen LogP contribution in [0.4, 0.5) is 23.8 Å². The molecule has 10 nitrogen and oxygen atoms in total. The van der Waals surface area contributed by atoms with Crippen molar-refractivity contribution < 1.29 is 36.9 Å². The van der Waals surface area contributed by atoms with Gasteiger partial charge in [0.15, 0.2) is 12.6 Å². The molecule has 8 rings (SSSR count). The minimum Gasteiger partial charge on any atom is -0.468 e. The summed E-state index contributed by atoms with van der Waals surface area (Å²) in [4.78, 5) is 28.7. The van der Waals surface area contributed by atoms with Gasteiger partial charge in [0.2, 0.25) is 0 Å². The van der Waals surface area contributed by atoms with Crippen LogP contribution >= 0.6 is 0 Å². The van der Waals surface area contributed by atoms with Crippen LogP contribution in [0.25, 0.3) is 32.8 Å². The summed E-state index contributed by atoms with van der Waals surface area (Å²) in [5, 5.41) is 1.34. The Hall–Kier alpha value is -4.80. The average Bonchev–Trinajstić information content (AvgIpc) is 3.82. The number of carbonyl (C=O) groups is 1. The van der Waals surface area contributed by atoms with Gasteiger partial charge < -0.3 is 28.7 Å². The highest BCUT2D eigenvalue weighted by molar-refractivity contribution is 6.04. The normalized spacial score (nSPS) is 23.9. The maximum atomic E-state index is 17.3. The van der Waals surface area contributed by atoms with Crippen LogP contribution in [0.5, 0.6) is 11.8 Å². The van der Waals surface area contributed by atoms with Gasteiger partial charge in [-0.3, -0.25) is 4.90 Å². The van der Waals surface area contributed by atoms with Crippen molar-refractivity contribution in [1.82, 2.24) is 19.8 Å². The Morgan fingerprint density at radius 3 is 2.59 bits per heavy atom. The molecule has 4 saturated heterocycles. The van der Waals surface area contributed by atoms with E-state index in [2.05, 4.69) is 15.8 Å². The van der Waals surface area contributed by atoms with Crippen LogP contribution in [0.1, 0.15) is 58.4 Å². The summed E-state index contributed by atoms with van der Waals surface area (Å²) in [6.07, 6.45) is 8.03. The maximum absolute atomic E-state index is 17.3. The number of halogens is 3. The van der Waals surface area contributed by atoms with Gasteiger partial charge in [0.25, 0.3) is 0 Å². The number of rotatable bonds is 8. The Balaban J connectivity index is 1.23. The quantitative estimate of drug-likeness (QED) is 0.137. The average molecular weight is 744 g/mol. The second-order valence-corrected chi connectivity index (χ2v) is 16.0. The van der Waals surface area contributed by atoms with Crippen LogP contribution < -0.4 is 14.4 Å². The van der Waals surface area contributed by atoms with E-state index >= 15 is 8.78 Å². The van der Waals surface area contributed by atoms with Gasteiger partial charge >= 0.3 is 12.1 Å². The zero-order valence-electron chi connectivity index (χ0n) is 31.0. The van der Waals surface area contributed by atoms with Gasteiger partial charge in [0, 0.05) is 56.0 Å². The van der Waals surface area contributed by atoms with Crippen LogP contribution in [0.3, 0.4) is 0 Å². The predicted molar refractivity (Wildman–Crippen MR) is 198 cm³/mol. The van der Waals surface area contributed by atoms with Crippen LogP contribution in [0, 0.1) is 24.0 Å². The lowest BCUT2D eigenvalue weighted by molar-refractivity contribution is -0.0362. The Labute approximate surface area is 312 Å². The number of methoxy groups -OCH3 is 1. The topological polar surface area (TPSA) is 89.5 Å². The third kappa shape index (κ3) is 6.23. The molecule has 0 bridgehead atoms. The van der Waals surface area contributed by atoms with E-state index in [1.165, 1.54) is 13.2 Å². The Morgan fingerprint density at radius 2 is 1.85 bits per heavy atom. The molecule has 3 aromatic carbocycles. The van der Waals surface area contributed by atoms with Crippen molar-refractivity contribution in [2.24, 2.45) is 0 Å². The minimum absolute atomic E-state index is 0.00310. The first-order valence-corrected chi connectivity index (χ1v) is 18.5. The number of nitrogens with zero attached hydrogens (tertiary/aromatic N) is 5. The van der Waals surface area contributed by atoms with E-state index in [9.17, 15) is 9.18 Å². The van der Waals surface area contributed by atoms with Crippen LogP contribution in [-0.2, 0) is 9.47 Å². The molecule has 0 radical (unpaired) electrons. The van der Waals surface area contributed by atoms with Crippen molar-refractivity contribution in [3.8, 4) is 35.2 Å². The molecule has 4 aromatic rings. The number of carbonyl (C=O) groups excluding carboxylic acids is 1. The summed E-state index contributed by atoms with van der Waals surface area (Å²) in [5.74, 6) is 1.99. The molecule has 1 unspecified atom stereocenters. The number of likely N-dealkylation sites (tertiary alicyclic amines) is 1. The second-order valence-electron chi connectivity index (χ2n) is 16.0. The fourth-order valence-corrected chi connectivity index (χ4v) is 8.87. The number of fused-ring (bicyclic) bond motifs is 3. The van der Waals surface area contributed by atoms with Gasteiger partial charge in [0.05, 0.1) is 16.6 Å². The van der Waals surface area contributed by atoms with Gasteiger partial charge in [-0.25, -0.2) is 18.0 Å². The molecular weight excluding hydrogens is 699 g/mol. The molecule has 3 atom stereocenters. The van der Waals surface area contributed by atoms with Crippen molar-refractivity contribution >= 4 is 33.6 Å². The summed E-state index contributed by atoms with van der Waals surface area (Å²) >= 11 is 0. The predicted octanol–water partition coefficient (Wildman–Crippen LogP) is 7.24. The summed E-state index contributed by atoms with van der Waals surface area (Å²) in [6, 6.07) is 9.48. The van der Waals surface area contributed by atoms with Crippen molar-refractivity contribution in [3.63, 3.8) is 0 Å². The fraction of sp³-hybridized carbons (Fsp3) is 0.488. The third-order valence-electron chi connectivity index (χ3n) is 11.4. The van der Waals surface area contributed by atoms with E-state index in [0.29, 0.717) is 72.3 Å². The molecule has 0 aliphatic carbocycles. The molecule has 1 amide bonds. The first kappa shape index (κ1) is 36.2. The number of aromatic nitrogens is 2. The molecule has 1 aromatic heterocycles. The lowest BCUT2D eigenvalue weighted by Gasteiger charge is -2.50. The van der Waals surface area contributed by atoms with E-state index < -0.39 is 34.5 Å². The molecule has 13 heteroatoms. The number of terminal acetylenes is 1. The molecule has 284 valence electrons. The third-order valence-corrected chi connectivity index (χ3v) is 11.4. The van der Waals surface area contributed by atoms with Crippen molar-refractivity contribution in [2.45, 2.75) is 75.7 Å². The zero-order chi connectivity index (χ0) is 38.0. The van der Waals surface area contributed by atoms with Crippen LogP contribution in [-0.4, -0.2) is 102 Å². The van der Waals surface area contributed by atoms with Crippen LogP contribution in [0.2, 0.25) is 0 Å². The van der Waals surface area contributed by atoms with Gasteiger partial charge in [-0.15, -0.1) is 6.42 Å². The second kappa shape index (κ2) is 13.5. The molecule has 0 N–H and O–H groups in total. The Bertz CT molecular complexity index is 2190. The molecule has 54 heavy (non-hydrogen) atoms. The molecule has 1 spiro atoms. The summed E-state index contributed by atoms with van der Waals surface area (Å²) in [5.41, 5.74) is -1.15. The molecule has 4 fully saturated rings. The molecule has 0 saturated carbocycles. The van der Waals surface area contributed by atoms with Gasteiger partial charge in [-0.05, 0) is 88.2 Å². The first-order chi connectivity index (χ1) is 25.8. The maximum Gasteiger partial charge on any atom is 0.410 e. The number of anilines is 1. The van der Waals surface area contributed by atoms with Crippen molar-refractivity contribution in [1.29, 1.82) is 0 Å². The highest BCUT2D eigenvalue weighted by Crippen LogP contribution is 2.45. The van der Waals surface area contributed by atoms with E-state index in [0.717, 1.165) is 25.8 Å². The smallest absolute Gasteiger partial charge is 0.410 e. The monoisotopic (exact) mass is 743 g/mol.